The van der Waals surface area contributed by atoms with Crippen molar-refractivity contribution >= 4 is 29.0 Å². The number of aromatic nitrogens is 4. The Morgan fingerprint density at radius 2 is 2.04 bits per heavy atom. The molecule has 0 bridgehead atoms. The normalized spacial score (nSPS) is 11.1. The van der Waals surface area contributed by atoms with E-state index in [2.05, 4.69) is 38.9 Å². The van der Waals surface area contributed by atoms with Gasteiger partial charge in [0.05, 0.1) is 11.4 Å². The second-order valence-corrected chi connectivity index (χ2v) is 8.52. The minimum absolute atomic E-state index is 0.0624. The van der Waals surface area contributed by atoms with Crippen molar-refractivity contribution in [3.05, 3.63) is 57.8 Å². The SMILES string of the molecule is Cc1ccsc1C(=O)NCc1nnc(SCc2ccncc2)n1CC(C)C. The zero-order valence-electron chi connectivity index (χ0n) is 15.7. The van der Waals surface area contributed by atoms with Gasteiger partial charge in [-0.2, -0.15) is 0 Å². The molecule has 27 heavy (non-hydrogen) atoms. The fourth-order valence-electron chi connectivity index (χ4n) is 2.58. The van der Waals surface area contributed by atoms with Gasteiger partial charge in [-0.15, -0.1) is 21.5 Å². The molecule has 6 nitrogen and oxygen atoms in total. The molecule has 3 aromatic rings. The summed E-state index contributed by atoms with van der Waals surface area (Å²) < 4.78 is 2.11. The van der Waals surface area contributed by atoms with Crippen LogP contribution in [0.3, 0.4) is 0 Å². The molecule has 0 aliphatic heterocycles. The van der Waals surface area contributed by atoms with Gasteiger partial charge in [0.1, 0.15) is 0 Å². The molecule has 0 aliphatic carbocycles. The molecule has 1 amide bonds. The Hall–Kier alpha value is -2.19. The number of nitrogens with one attached hydrogen (secondary N) is 1. The lowest BCUT2D eigenvalue weighted by atomic mass is 10.2. The summed E-state index contributed by atoms with van der Waals surface area (Å²) in [6, 6.07) is 5.95. The number of thiophene rings is 1. The summed E-state index contributed by atoms with van der Waals surface area (Å²) in [6.07, 6.45) is 3.59. The smallest absolute Gasteiger partial charge is 0.261 e. The van der Waals surface area contributed by atoms with E-state index in [1.807, 2.05) is 30.5 Å². The van der Waals surface area contributed by atoms with Crippen molar-refractivity contribution in [3.8, 4) is 0 Å². The fraction of sp³-hybridized carbons (Fsp3) is 0.368. The first kappa shape index (κ1) is 19.6. The highest BCUT2D eigenvalue weighted by Gasteiger charge is 2.16. The number of amides is 1. The van der Waals surface area contributed by atoms with E-state index in [0.717, 1.165) is 33.7 Å². The average molecular weight is 402 g/mol. The number of carbonyl (C=O) groups is 1. The van der Waals surface area contributed by atoms with Gasteiger partial charge in [0.25, 0.3) is 5.91 Å². The van der Waals surface area contributed by atoms with Crippen molar-refractivity contribution in [2.45, 2.75) is 44.8 Å². The minimum Gasteiger partial charge on any atom is -0.344 e. The largest absolute Gasteiger partial charge is 0.344 e. The Morgan fingerprint density at radius 1 is 1.26 bits per heavy atom. The highest BCUT2D eigenvalue weighted by molar-refractivity contribution is 7.98. The highest BCUT2D eigenvalue weighted by atomic mass is 32.2. The number of pyridine rings is 1. The number of aryl methyl sites for hydroxylation is 1. The molecule has 142 valence electrons. The second-order valence-electron chi connectivity index (χ2n) is 6.66. The van der Waals surface area contributed by atoms with Crippen LogP contribution in [0.2, 0.25) is 0 Å². The van der Waals surface area contributed by atoms with Crippen LogP contribution in [0, 0.1) is 12.8 Å². The van der Waals surface area contributed by atoms with E-state index in [1.54, 1.807) is 24.2 Å². The van der Waals surface area contributed by atoms with Crippen LogP contribution < -0.4 is 5.32 Å². The van der Waals surface area contributed by atoms with Crippen molar-refractivity contribution < 1.29 is 4.79 Å². The Balaban J connectivity index is 1.70. The number of nitrogens with zero attached hydrogens (tertiary/aromatic N) is 4. The van der Waals surface area contributed by atoms with Gasteiger partial charge in [-0.25, -0.2) is 0 Å². The molecule has 0 atom stereocenters. The molecule has 0 fully saturated rings. The molecule has 0 aromatic carbocycles. The van der Waals surface area contributed by atoms with Crippen LogP contribution in [0.1, 0.15) is 40.5 Å². The van der Waals surface area contributed by atoms with Crippen LogP contribution in [0.15, 0.2) is 41.1 Å². The Morgan fingerprint density at radius 3 is 2.70 bits per heavy atom. The van der Waals surface area contributed by atoms with Gasteiger partial charge in [-0.3, -0.25) is 9.78 Å². The molecule has 1 N–H and O–H groups in total. The summed E-state index contributed by atoms with van der Waals surface area (Å²) in [4.78, 5) is 17.2. The molecular formula is C19H23N5OS2. The Bertz CT molecular complexity index is 889. The van der Waals surface area contributed by atoms with E-state index in [9.17, 15) is 4.79 Å². The van der Waals surface area contributed by atoms with Crippen molar-refractivity contribution in [3.63, 3.8) is 0 Å². The molecule has 0 radical (unpaired) electrons. The van der Waals surface area contributed by atoms with Gasteiger partial charge in [0.15, 0.2) is 11.0 Å². The third kappa shape index (κ3) is 5.17. The predicted molar refractivity (Wildman–Crippen MR) is 109 cm³/mol. The van der Waals surface area contributed by atoms with E-state index in [4.69, 9.17) is 0 Å². The minimum atomic E-state index is -0.0624. The van der Waals surface area contributed by atoms with Gasteiger partial charge in [0.2, 0.25) is 0 Å². The molecule has 0 spiro atoms. The number of hydrogen-bond donors (Lipinski definition) is 1. The van der Waals surface area contributed by atoms with E-state index in [0.29, 0.717) is 12.5 Å². The summed E-state index contributed by atoms with van der Waals surface area (Å²) in [6.45, 7) is 7.45. The summed E-state index contributed by atoms with van der Waals surface area (Å²) >= 11 is 3.10. The molecule has 3 heterocycles. The van der Waals surface area contributed by atoms with E-state index < -0.39 is 0 Å². The number of rotatable bonds is 8. The highest BCUT2D eigenvalue weighted by Crippen LogP contribution is 2.23. The zero-order valence-corrected chi connectivity index (χ0v) is 17.3. The quantitative estimate of drug-likeness (QED) is 0.579. The van der Waals surface area contributed by atoms with Crippen LogP contribution in [0.4, 0.5) is 0 Å². The van der Waals surface area contributed by atoms with Crippen molar-refractivity contribution in [1.82, 2.24) is 25.1 Å². The van der Waals surface area contributed by atoms with Crippen molar-refractivity contribution in [1.29, 1.82) is 0 Å². The number of carbonyl (C=O) groups excluding carboxylic acids is 1. The monoisotopic (exact) mass is 401 g/mol. The zero-order chi connectivity index (χ0) is 19.2. The fourth-order valence-corrected chi connectivity index (χ4v) is 4.34. The summed E-state index contributed by atoms with van der Waals surface area (Å²) in [7, 11) is 0. The number of hydrogen-bond acceptors (Lipinski definition) is 6. The van der Waals surface area contributed by atoms with Gasteiger partial charge in [-0.1, -0.05) is 25.6 Å². The molecule has 0 saturated heterocycles. The lowest BCUT2D eigenvalue weighted by molar-refractivity contribution is 0.0953. The first-order valence-electron chi connectivity index (χ1n) is 8.80. The predicted octanol–water partition coefficient (Wildman–Crippen LogP) is 3.92. The van der Waals surface area contributed by atoms with Crippen LogP contribution in [0.25, 0.3) is 0 Å². The van der Waals surface area contributed by atoms with E-state index in [1.165, 1.54) is 16.9 Å². The molecule has 0 unspecified atom stereocenters. The first-order valence-corrected chi connectivity index (χ1v) is 10.7. The molecule has 3 aromatic heterocycles. The summed E-state index contributed by atoms with van der Waals surface area (Å²) in [5.41, 5.74) is 2.19. The third-order valence-corrected chi connectivity index (χ3v) is 5.99. The lowest BCUT2D eigenvalue weighted by Crippen LogP contribution is -2.25. The van der Waals surface area contributed by atoms with Gasteiger partial charge >= 0.3 is 0 Å². The molecule has 0 saturated carbocycles. The summed E-state index contributed by atoms with van der Waals surface area (Å²) in [5.74, 6) is 1.98. The van der Waals surface area contributed by atoms with Crippen LogP contribution in [-0.4, -0.2) is 25.7 Å². The number of thioether (sulfide) groups is 1. The first-order chi connectivity index (χ1) is 13.0. The molecule has 0 aliphatic rings. The molecule has 8 heteroatoms. The Kier molecular flexibility index (Phi) is 6.63. The maximum absolute atomic E-state index is 12.4. The second kappa shape index (κ2) is 9.14. The van der Waals surface area contributed by atoms with Gasteiger partial charge in [0, 0.05) is 24.7 Å². The maximum Gasteiger partial charge on any atom is 0.261 e. The third-order valence-electron chi connectivity index (χ3n) is 3.93. The summed E-state index contributed by atoms with van der Waals surface area (Å²) in [5, 5.41) is 14.5. The van der Waals surface area contributed by atoms with E-state index in [-0.39, 0.29) is 5.91 Å². The standard InChI is InChI=1S/C19H23N5OS2/c1-13(2)11-24-16(10-21-18(25)17-14(3)6-9-26-17)22-23-19(24)27-12-15-4-7-20-8-5-15/h4-9,13H,10-12H2,1-3H3,(H,21,25). The molecule has 3 rings (SSSR count). The molecular weight excluding hydrogens is 378 g/mol. The lowest BCUT2D eigenvalue weighted by Gasteiger charge is -2.13. The maximum atomic E-state index is 12.4. The van der Waals surface area contributed by atoms with Crippen LogP contribution in [-0.2, 0) is 18.8 Å². The van der Waals surface area contributed by atoms with Crippen LogP contribution in [0.5, 0.6) is 0 Å². The van der Waals surface area contributed by atoms with Crippen molar-refractivity contribution in [2.24, 2.45) is 5.92 Å². The van der Waals surface area contributed by atoms with Gasteiger partial charge < -0.3 is 9.88 Å². The van der Waals surface area contributed by atoms with E-state index >= 15 is 0 Å². The average Bonchev–Trinajstić information content (AvgIpc) is 3.25. The van der Waals surface area contributed by atoms with Crippen molar-refractivity contribution in [2.75, 3.05) is 0 Å². The topological polar surface area (TPSA) is 72.7 Å². The Labute approximate surface area is 167 Å². The van der Waals surface area contributed by atoms with Crippen LogP contribution >= 0.6 is 23.1 Å². The van der Waals surface area contributed by atoms with Gasteiger partial charge in [-0.05, 0) is 47.5 Å².